The lowest BCUT2D eigenvalue weighted by Gasteiger charge is -2.37. The van der Waals surface area contributed by atoms with Crippen LogP contribution in [0, 0.1) is 0 Å². The second-order valence-corrected chi connectivity index (χ2v) is 4.34. The van der Waals surface area contributed by atoms with E-state index in [-0.39, 0.29) is 0 Å². The zero-order chi connectivity index (χ0) is 10.4. The van der Waals surface area contributed by atoms with E-state index in [4.69, 9.17) is 0 Å². The average molecular weight is 198 g/mol. The summed E-state index contributed by atoms with van der Waals surface area (Å²) in [5, 5.41) is 7.63. The molecule has 0 spiro atoms. The van der Waals surface area contributed by atoms with Gasteiger partial charge in [-0.15, -0.1) is 0 Å². The van der Waals surface area contributed by atoms with Crippen molar-refractivity contribution in [3.8, 4) is 0 Å². The van der Waals surface area contributed by atoms with Gasteiger partial charge >= 0.3 is 0 Å². The van der Waals surface area contributed by atoms with Gasteiger partial charge in [0.1, 0.15) is 0 Å². The third kappa shape index (κ3) is 3.56. The molecule has 0 atom stereocenters. The first-order chi connectivity index (χ1) is 6.75. The van der Waals surface area contributed by atoms with E-state index >= 15 is 0 Å². The molecule has 0 amide bonds. The van der Waals surface area contributed by atoms with E-state index in [1.165, 1.54) is 19.4 Å². The second kappa shape index (κ2) is 6.38. The third-order valence-electron chi connectivity index (χ3n) is 2.99. The molecule has 1 radical (unpaired) electrons. The molecule has 0 aromatic heterocycles. The fourth-order valence-electron chi connectivity index (χ4n) is 2.17. The number of nitrogens with one attached hydrogen (secondary N) is 1. The van der Waals surface area contributed by atoms with Crippen molar-refractivity contribution in [1.29, 1.82) is 0 Å². The number of hydrogen-bond acceptors (Lipinski definition) is 2. The van der Waals surface area contributed by atoms with Gasteiger partial charge in [-0.1, -0.05) is 0 Å². The highest BCUT2D eigenvalue weighted by Gasteiger charge is 2.22. The van der Waals surface area contributed by atoms with Gasteiger partial charge in [-0.25, -0.2) is 5.32 Å². The summed E-state index contributed by atoms with van der Waals surface area (Å²) < 4.78 is 0. The van der Waals surface area contributed by atoms with Crippen LogP contribution in [0.4, 0.5) is 0 Å². The van der Waals surface area contributed by atoms with Crippen molar-refractivity contribution in [2.75, 3.05) is 33.2 Å². The Hall–Kier alpha value is -0.120. The summed E-state index contributed by atoms with van der Waals surface area (Å²) in [5.41, 5.74) is 0. The van der Waals surface area contributed by atoms with E-state index in [2.05, 4.69) is 29.4 Å². The van der Waals surface area contributed by atoms with Crippen LogP contribution >= 0.6 is 0 Å². The Labute approximate surface area is 88.2 Å². The molecular formula is C11H24N3. The first kappa shape index (κ1) is 12.0. The molecule has 3 heteroatoms. The largest absolute Gasteiger partial charge is 0.318 e. The van der Waals surface area contributed by atoms with Gasteiger partial charge in [0.05, 0.1) is 0 Å². The van der Waals surface area contributed by atoms with Crippen LogP contribution in [-0.2, 0) is 0 Å². The molecule has 0 bridgehead atoms. The van der Waals surface area contributed by atoms with Crippen molar-refractivity contribution in [1.82, 2.24) is 15.5 Å². The Morgan fingerprint density at radius 2 is 2.00 bits per heavy atom. The Morgan fingerprint density at radius 3 is 2.50 bits per heavy atom. The first-order valence-corrected chi connectivity index (χ1v) is 5.79. The third-order valence-corrected chi connectivity index (χ3v) is 2.99. The Bertz CT molecular complexity index is 141. The zero-order valence-corrected chi connectivity index (χ0v) is 9.79. The minimum Gasteiger partial charge on any atom is -0.318 e. The molecule has 3 nitrogen and oxygen atoms in total. The summed E-state index contributed by atoms with van der Waals surface area (Å²) in [7, 11) is 2.02. The van der Waals surface area contributed by atoms with Crippen LogP contribution < -0.4 is 10.6 Å². The maximum Gasteiger partial charge on any atom is 0.0148 e. The molecule has 83 valence electrons. The quantitative estimate of drug-likeness (QED) is 0.704. The molecule has 14 heavy (non-hydrogen) atoms. The normalized spacial score (nSPS) is 19.5. The number of hydrogen-bond donors (Lipinski definition) is 1. The summed E-state index contributed by atoms with van der Waals surface area (Å²) in [6.45, 7) is 8.97. The van der Waals surface area contributed by atoms with Crippen molar-refractivity contribution in [3.05, 3.63) is 0 Å². The van der Waals surface area contributed by atoms with Crippen LogP contribution in [0.15, 0.2) is 0 Å². The molecule has 1 aliphatic heterocycles. The lowest BCUT2D eigenvalue weighted by atomic mass is 10.0. The Morgan fingerprint density at radius 1 is 1.36 bits per heavy atom. The van der Waals surface area contributed by atoms with E-state index in [0.717, 1.165) is 25.7 Å². The molecule has 0 aliphatic carbocycles. The predicted molar refractivity (Wildman–Crippen MR) is 60.7 cm³/mol. The van der Waals surface area contributed by atoms with E-state index in [0.29, 0.717) is 6.04 Å². The minimum absolute atomic E-state index is 0.659. The van der Waals surface area contributed by atoms with Crippen molar-refractivity contribution in [2.45, 2.75) is 38.8 Å². The lowest BCUT2D eigenvalue weighted by molar-refractivity contribution is 0.126. The summed E-state index contributed by atoms with van der Waals surface area (Å²) in [6.07, 6.45) is 2.50. The SMILES string of the molecule is CNCCN(C(C)C)C1CC[N]CC1. The molecule has 0 aromatic rings. The second-order valence-electron chi connectivity index (χ2n) is 4.34. The van der Waals surface area contributed by atoms with Gasteiger partial charge in [0.2, 0.25) is 0 Å². The summed E-state index contributed by atoms with van der Waals surface area (Å²) >= 11 is 0. The van der Waals surface area contributed by atoms with Gasteiger partial charge in [-0.2, -0.15) is 0 Å². The van der Waals surface area contributed by atoms with Gasteiger partial charge in [-0.3, -0.25) is 4.90 Å². The maximum atomic E-state index is 4.41. The van der Waals surface area contributed by atoms with Crippen LogP contribution in [0.2, 0.25) is 0 Å². The van der Waals surface area contributed by atoms with Crippen LogP contribution in [0.1, 0.15) is 26.7 Å². The summed E-state index contributed by atoms with van der Waals surface area (Å²) in [6, 6.07) is 1.42. The Kier molecular flexibility index (Phi) is 5.45. The number of nitrogens with zero attached hydrogens (tertiary/aromatic N) is 2. The van der Waals surface area contributed by atoms with Gasteiger partial charge in [0.15, 0.2) is 0 Å². The van der Waals surface area contributed by atoms with E-state index in [1.54, 1.807) is 0 Å². The Balaban J connectivity index is 2.39. The molecule has 1 heterocycles. The molecule has 1 fully saturated rings. The van der Waals surface area contributed by atoms with Gasteiger partial charge in [-0.05, 0) is 33.7 Å². The van der Waals surface area contributed by atoms with Crippen molar-refractivity contribution in [2.24, 2.45) is 0 Å². The molecule has 1 saturated heterocycles. The van der Waals surface area contributed by atoms with E-state index in [9.17, 15) is 0 Å². The summed E-state index contributed by atoms with van der Waals surface area (Å²) in [4.78, 5) is 2.62. The number of likely N-dealkylation sites (N-methyl/N-ethyl adjacent to an activating group) is 1. The molecule has 1 aliphatic rings. The number of rotatable bonds is 5. The predicted octanol–water partition coefficient (Wildman–Crippen LogP) is 0.683. The molecular weight excluding hydrogens is 174 g/mol. The average Bonchev–Trinajstić information content (AvgIpc) is 2.19. The van der Waals surface area contributed by atoms with Crippen LogP contribution in [0.5, 0.6) is 0 Å². The monoisotopic (exact) mass is 198 g/mol. The summed E-state index contributed by atoms with van der Waals surface area (Å²) in [5.74, 6) is 0. The van der Waals surface area contributed by atoms with E-state index < -0.39 is 0 Å². The van der Waals surface area contributed by atoms with Crippen LogP contribution in [0.3, 0.4) is 0 Å². The first-order valence-electron chi connectivity index (χ1n) is 5.79. The fourth-order valence-corrected chi connectivity index (χ4v) is 2.17. The molecule has 1 N–H and O–H groups in total. The van der Waals surface area contributed by atoms with Gasteiger partial charge in [0.25, 0.3) is 0 Å². The van der Waals surface area contributed by atoms with E-state index in [1.807, 2.05) is 7.05 Å². The van der Waals surface area contributed by atoms with Crippen molar-refractivity contribution in [3.63, 3.8) is 0 Å². The van der Waals surface area contributed by atoms with Gasteiger partial charge < -0.3 is 5.32 Å². The van der Waals surface area contributed by atoms with Crippen molar-refractivity contribution < 1.29 is 0 Å². The molecule has 0 saturated carbocycles. The standard InChI is InChI=1S/C11H24N3/c1-10(2)14(9-8-12-3)11-4-6-13-7-5-11/h10-12H,4-9H2,1-3H3. The maximum absolute atomic E-state index is 4.41. The number of piperidine rings is 1. The highest BCUT2D eigenvalue weighted by Crippen LogP contribution is 2.14. The van der Waals surface area contributed by atoms with Crippen molar-refractivity contribution >= 4 is 0 Å². The minimum atomic E-state index is 0.659. The molecule has 0 unspecified atom stereocenters. The highest BCUT2D eigenvalue weighted by molar-refractivity contribution is 4.79. The topological polar surface area (TPSA) is 29.4 Å². The van der Waals surface area contributed by atoms with Crippen LogP contribution in [-0.4, -0.2) is 50.2 Å². The fraction of sp³-hybridized carbons (Fsp3) is 1.00. The smallest absolute Gasteiger partial charge is 0.0148 e. The van der Waals surface area contributed by atoms with Crippen LogP contribution in [0.25, 0.3) is 0 Å². The molecule has 0 aromatic carbocycles. The molecule has 1 rings (SSSR count). The highest BCUT2D eigenvalue weighted by atomic mass is 15.2. The zero-order valence-electron chi connectivity index (χ0n) is 9.79. The van der Waals surface area contributed by atoms with Gasteiger partial charge in [0, 0.05) is 38.3 Å². The lowest BCUT2D eigenvalue weighted by Crippen LogP contribution is -2.47.